The third kappa shape index (κ3) is 2.12. The predicted octanol–water partition coefficient (Wildman–Crippen LogP) is 3.71. The molecule has 1 aromatic rings. The summed E-state index contributed by atoms with van der Waals surface area (Å²) >= 11 is 5.89. The Morgan fingerprint density at radius 1 is 1.50 bits per heavy atom. The minimum absolute atomic E-state index is 0.202. The molecule has 0 heterocycles. The number of halogens is 2. The van der Waals surface area contributed by atoms with E-state index in [0.717, 1.165) is 0 Å². The van der Waals surface area contributed by atoms with Gasteiger partial charge in [-0.15, -0.1) is 0 Å². The molecule has 0 spiro atoms. The molecule has 0 saturated heterocycles. The molecule has 0 radical (unpaired) electrons. The summed E-state index contributed by atoms with van der Waals surface area (Å²) in [5.41, 5.74) is 0.685. The Labute approximate surface area is 87.4 Å². The summed E-state index contributed by atoms with van der Waals surface area (Å²) in [6.07, 6.45) is 0.504. The molecule has 1 rings (SSSR count). The van der Waals surface area contributed by atoms with Gasteiger partial charge in [-0.25, -0.2) is 4.39 Å². The van der Waals surface area contributed by atoms with Crippen LogP contribution in [-0.4, -0.2) is 0 Å². The second-order valence-electron chi connectivity index (χ2n) is 2.74. The predicted molar refractivity (Wildman–Crippen MR) is 55.1 cm³/mol. The lowest BCUT2D eigenvalue weighted by atomic mass is 10.1. The smallest absolute Gasteiger partial charge is 0.131 e. The molecule has 3 heteroatoms. The average molecular weight is 210 g/mol. The lowest BCUT2D eigenvalue weighted by Gasteiger charge is -2.02. The van der Waals surface area contributed by atoms with E-state index >= 15 is 0 Å². The third-order valence-electron chi connectivity index (χ3n) is 1.86. The first kappa shape index (κ1) is 10.7. The molecule has 1 nitrogen and oxygen atoms in total. The van der Waals surface area contributed by atoms with E-state index in [9.17, 15) is 4.39 Å². The van der Waals surface area contributed by atoms with E-state index in [0.29, 0.717) is 12.0 Å². The molecule has 0 aliphatic carbocycles. The van der Waals surface area contributed by atoms with Crippen molar-refractivity contribution < 1.29 is 4.39 Å². The van der Waals surface area contributed by atoms with Crippen LogP contribution in [0.3, 0.4) is 0 Å². The SMILES string of the molecule is CC/C(C#N)=C(/Cl)c1ccccc1F. The van der Waals surface area contributed by atoms with Gasteiger partial charge < -0.3 is 0 Å². The fourth-order valence-electron chi connectivity index (χ4n) is 1.09. The van der Waals surface area contributed by atoms with Gasteiger partial charge >= 0.3 is 0 Å². The van der Waals surface area contributed by atoms with Crippen molar-refractivity contribution in [2.45, 2.75) is 13.3 Å². The van der Waals surface area contributed by atoms with E-state index in [1.54, 1.807) is 18.2 Å². The highest BCUT2D eigenvalue weighted by Crippen LogP contribution is 2.26. The van der Waals surface area contributed by atoms with E-state index in [2.05, 4.69) is 0 Å². The zero-order chi connectivity index (χ0) is 10.6. The van der Waals surface area contributed by atoms with Crippen LogP contribution in [0, 0.1) is 17.1 Å². The Morgan fingerprint density at radius 3 is 2.64 bits per heavy atom. The number of rotatable bonds is 2. The summed E-state index contributed by atoms with van der Waals surface area (Å²) in [5.74, 6) is -0.404. The van der Waals surface area contributed by atoms with E-state index in [-0.39, 0.29) is 10.6 Å². The molecule has 0 saturated carbocycles. The van der Waals surface area contributed by atoms with Crippen LogP contribution in [0.4, 0.5) is 4.39 Å². The van der Waals surface area contributed by atoms with Crippen LogP contribution in [0.15, 0.2) is 29.8 Å². The lowest BCUT2D eigenvalue weighted by Crippen LogP contribution is -1.88. The lowest BCUT2D eigenvalue weighted by molar-refractivity contribution is 0.624. The van der Waals surface area contributed by atoms with Crippen molar-refractivity contribution in [3.8, 4) is 6.07 Å². The molecule has 0 N–H and O–H groups in total. The van der Waals surface area contributed by atoms with Crippen molar-refractivity contribution >= 4 is 16.6 Å². The van der Waals surface area contributed by atoms with Gasteiger partial charge in [-0.2, -0.15) is 5.26 Å². The number of benzene rings is 1. The first-order valence-electron chi connectivity index (χ1n) is 4.24. The van der Waals surface area contributed by atoms with Crippen molar-refractivity contribution in [1.82, 2.24) is 0 Å². The van der Waals surface area contributed by atoms with Crippen molar-refractivity contribution in [1.29, 1.82) is 5.26 Å². The maximum atomic E-state index is 13.2. The molecule has 0 bridgehead atoms. The van der Waals surface area contributed by atoms with Gasteiger partial charge in [0.1, 0.15) is 5.82 Å². The molecule has 14 heavy (non-hydrogen) atoms. The van der Waals surface area contributed by atoms with Gasteiger partial charge in [0.15, 0.2) is 0 Å². The molecule has 0 fully saturated rings. The zero-order valence-electron chi connectivity index (χ0n) is 7.72. The van der Waals surface area contributed by atoms with Gasteiger partial charge in [-0.1, -0.05) is 36.7 Å². The largest absolute Gasteiger partial charge is 0.206 e. The van der Waals surface area contributed by atoms with Gasteiger partial charge in [-0.3, -0.25) is 0 Å². The second kappa shape index (κ2) is 4.78. The van der Waals surface area contributed by atoms with Gasteiger partial charge in [-0.05, 0) is 12.5 Å². The summed E-state index contributed by atoms with van der Waals surface area (Å²) < 4.78 is 13.2. The molecule has 0 atom stereocenters. The number of nitrogens with zero attached hydrogens (tertiary/aromatic N) is 1. The summed E-state index contributed by atoms with van der Waals surface area (Å²) in [4.78, 5) is 0. The molecule has 1 aromatic carbocycles. The fraction of sp³-hybridized carbons (Fsp3) is 0.182. The molecular weight excluding hydrogens is 201 g/mol. The van der Waals surface area contributed by atoms with Crippen molar-refractivity contribution in [2.75, 3.05) is 0 Å². The Kier molecular flexibility index (Phi) is 3.67. The highest BCUT2D eigenvalue weighted by atomic mass is 35.5. The monoisotopic (exact) mass is 209 g/mol. The summed E-state index contributed by atoms with van der Waals surface area (Å²) in [6.45, 7) is 1.81. The molecule has 0 unspecified atom stereocenters. The summed E-state index contributed by atoms with van der Waals surface area (Å²) in [6, 6.07) is 8.11. The number of hydrogen-bond donors (Lipinski definition) is 0. The minimum Gasteiger partial charge on any atom is -0.206 e. The highest BCUT2D eigenvalue weighted by Gasteiger charge is 2.08. The normalized spacial score (nSPS) is 11.9. The zero-order valence-corrected chi connectivity index (χ0v) is 8.48. The topological polar surface area (TPSA) is 23.8 Å². The molecule has 0 amide bonds. The fourth-order valence-corrected chi connectivity index (χ4v) is 1.41. The molecule has 0 aliphatic rings. The summed E-state index contributed by atoms with van der Waals surface area (Å²) in [5, 5.41) is 8.94. The number of nitriles is 1. The summed E-state index contributed by atoms with van der Waals surface area (Å²) in [7, 11) is 0. The molecular formula is C11H9ClFN. The Bertz CT molecular complexity index is 404. The minimum atomic E-state index is -0.404. The van der Waals surface area contributed by atoms with Crippen molar-refractivity contribution in [2.24, 2.45) is 0 Å². The van der Waals surface area contributed by atoms with Crippen LogP contribution in [0.1, 0.15) is 18.9 Å². The van der Waals surface area contributed by atoms with Crippen LogP contribution >= 0.6 is 11.6 Å². The molecule has 72 valence electrons. The Hall–Kier alpha value is -1.33. The van der Waals surface area contributed by atoms with Crippen molar-refractivity contribution in [3.05, 3.63) is 41.2 Å². The van der Waals surface area contributed by atoms with Crippen LogP contribution in [0.2, 0.25) is 0 Å². The number of hydrogen-bond acceptors (Lipinski definition) is 1. The maximum Gasteiger partial charge on any atom is 0.131 e. The van der Waals surface area contributed by atoms with Gasteiger partial charge in [0.25, 0.3) is 0 Å². The first-order valence-corrected chi connectivity index (χ1v) is 4.62. The van der Waals surface area contributed by atoms with Gasteiger partial charge in [0.2, 0.25) is 0 Å². The standard InChI is InChI=1S/C11H9ClFN/c1-2-8(7-14)11(12)9-5-3-4-6-10(9)13/h3-6H,2H2,1H3/b11-8-. The van der Waals surface area contributed by atoms with Gasteiger partial charge in [0.05, 0.1) is 11.1 Å². The van der Waals surface area contributed by atoms with E-state index in [4.69, 9.17) is 16.9 Å². The van der Waals surface area contributed by atoms with Crippen LogP contribution < -0.4 is 0 Å². The molecule has 0 aliphatic heterocycles. The van der Waals surface area contributed by atoms with Crippen LogP contribution in [-0.2, 0) is 0 Å². The first-order chi connectivity index (χ1) is 6.70. The van der Waals surface area contributed by atoms with Crippen molar-refractivity contribution in [3.63, 3.8) is 0 Å². The number of allylic oxidation sites excluding steroid dienone is 1. The van der Waals surface area contributed by atoms with Crippen LogP contribution in [0.25, 0.3) is 5.03 Å². The Balaban J connectivity index is 3.25. The maximum absolute atomic E-state index is 13.2. The average Bonchev–Trinajstić information content (AvgIpc) is 2.20. The van der Waals surface area contributed by atoms with Gasteiger partial charge in [0, 0.05) is 11.1 Å². The van der Waals surface area contributed by atoms with E-state index in [1.807, 2.05) is 13.0 Å². The quantitative estimate of drug-likeness (QED) is 0.682. The highest BCUT2D eigenvalue weighted by molar-refractivity contribution is 6.49. The van der Waals surface area contributed by atoms with E-state index in [1.165, 1.54) is 6.07 Å². The molecule has 0 aromatic heterocycles. The Morgan fingerprint density at radius 2 is 2.14 bits per heavy atom. The second-order valence-corrected chi connectivity index (χ2v) is 3.12. The third-order valence-corrected chi connectivity index (χ3v) is 2.30. The van der Waals surface area contributed by atoms with E-state index < -0.39 is 5.82 Å². The van der Waals surface area contributed by atoms with Crippen LogP contribution in [0.5, 0.6) is 0 Å².